The zero-order valence-electron chi connectivity index (χ0n) is 17.0. The van der Waals surface area contributed by atoms with Gasteiger partial charge in [0.25, 0.3) is 0 Å². The molecule has 3 atom stereocenters. The number of nitrogens with zero attached hydrogens (tertiary/aromatic N) is 1. The number of fused-ring (bicyclic) bond motifs is 1. The fourth-order valence-corrected chi connectivity index (χ4v) is 4.84. The Balaban J connectivity index is 1.71. The molecule has 2 aliphatic heterocycles. The summed E-state index contributed by atoms with van der Waals surface area (Å²) < 4.78 is 16.7. The van der Waals surface area contributed by atoms with Gasteiger partial charge in [-0.25, -0.2) is 4.79 Å². The van der Waals surface area contributed by atoms with E-state index in [1.807, 2.05) is 25.7 Å². The van der Waals surface area contributed by atoms with Crippen LogP contribution in [0.15, 0.2) is 12.2 Å². The van der Waals surface area contributed by atoms with Crippen LogP contribution in [0.2, 0.25) is 0 Å². The highest BCUT2D eigenvalue weighted by Crippen LogP contribution is 2.47. The van der Waals surface area contributed by atoms with Crippen molar-refractivity contribution in [2.75, 3.05) is 32.9 Å². The Hall–Kier alpha value is -1.11. The fraction of sp³-hybridized carbons (Fsp3) is 0.857. The predicted octanol–water partition coefficient (Wildman–Crippen LogP) is 3.34. The van der Waals surface area contributed by atoms with Crippen molar-refractivity contribution in [2.45, 2.75) is 64.8 Å². The topological polar surface area (TPSA) is 68.2 Å². The van der Waals surface area contributed by atoms with E-state index in [1.165, 1.54) is 0 Å². The van der Waals surface area contributed by atoms with Crippen LogP contribution in [-0.4, -0.2) is 60.9 Å². The summed E-state index contributed by atoms with van der Waals surface area (Å²) in [6.45, 7) is 8.36. The molecule has 2 saturated heterocycles. The molecule has 0 aromatic carbocycles. The van der Waals surface area contributed by atoms with E-state index in [-0.39, 0.29) is 24.4 Å². The average molecular weight is 382 g/mol. The number of aliphatic hydroxyl groups is 1. The molecule has 154 valence electrons. The Morgan fingerprint density at radius 2 is 1.96 bits per heavy atom. The van der Waals surface area contributed by atoms with E-state index in [0.717, 1.165) is 32.1 Å². The molecule has 27 heavy (non-hydrogen) atoms. The van der Waals surface area contributed by atoms with E-state index in [0.29, 0.717) is 38.1 Å². The maximum Gasteiger partial charge on any atom is 0.410 e. The lowest BCUT2D eigenvalue weighted by Gasteiger charge is -2.52. The SMILES string of the molecule is CC(C)(C)OC(=O)N1C[C@H]2CC=CC[C@H]2[C@](CO)(CCCC2OCCO2)C1. The maximum absolute atomic E-state index is 12.7. The lowest BCUT2D eigenvalue weighted by Crippen LogP contribution is -2.57. The summed E-state index contributed by atoms with van der Waals surface area (Å²) in [6.07, 6.45) is 8.61. The minimum atomic E-state index is -0.514. The Kier molecular flexibility index (Phi) is 6.49. The molecule has 0 unspecified atom stereocenters. The van der Waals surface area contributed by atoms with E-state index in [2.05, 4.69) is 12.2 Å². The fourth-order valence-electron chi connectivity index (χ4n) is 4.84. The highest BCUT2D eigenvalue weighted by molar-refractivity contribution is 5.68. The minimum absolute atomic E-state index is 0.0910. The van der Waals surface area contributed by atoms with Crippen molar-refractivity contribution in [1.82, 2.24) is 4.90 Å². The Morgan fingerprint density at radius 1 is 1.26 bits per heavy atom. The van der Waals surface area contributed by atoms with Crippen molar-refractivity contribution in [2.24, 2.45) is 17.3 Å². The van der Waals surface area contributed by atoms with Gasteiger partial charge in [0, 0.05) is 18.5 Å². The number of likely N-dealkylation sites (tertiary alicyclic amines) is 1. The third-order valence-electron chi connectivity index (χ3n) is 6.08. The molecule has 0 bridgehead atoms. The van der Waals surface area contributed by atoms with E-state index >= 15 is 0 Å². The van der Waals surface area contributed by atoms with Crippen molar-refractivity contribution in [3.63, 3.8) is 0 Å². The number of allylic oxidation sites excluding steroid dienone is 2. The highest BCUT2D eigenvalue weighted by Gasteiger charge is 2.49. The lowest BCUT2D eigenvalue weighted by molar-refractivity contribution is -0.0763. The molecule has 3 aliphatic rings. The van der Waals surface area contributed by atoms with Crippen LogP contribution in [0.1, 0.15) is 52.9 Å². The van der Waals surface area contributed by atoms with Gasteiger partial charge in [-0.15, -0.1) is 0 Å². The second-order valence-electron chi connectivity index (χ2n) is 9.25. The van der Waals surface area contributed by atoms with Gasteiger partial charge in [-0.05, 0) is 64.7 Å². The number of ether oxygens (including phenoxy) is 3. The summed E-state index contributed by atoms with van der Waals surface area (Å²) >= 11 is 0. The summed E-state index contributed by atoms with van der Waals surface area (Å²) in [5, 5.41) is 10.4. The molecule has 0 aromatic rings. The van der Waals surface area contributed by atoms with Crippen LogP contribution in [0.5, 0.6) is 0 Å². The summed E-state index contributed by atoms with van der Waals surface area (Å²) in [6, 6.07) is 0. The zero-order valence-corrected chi connectivity index (χ0v) is 17.0. The molecule has 1 N–H and O–H groups in total. The second kappa shape index (κ2) is 8.50. The third kappa shape index (κ3) is 5.04. The average Bonchev–Trinajstić information content (AvgIpc) is 3.13. The van der Waals surface area contributed by atoms with Crippen LogP contribution < -0.4 is 0 Å². The van der Waals surface area contributed by atoms with Gasteiger partial charge in [0.15, 0.2) is 6.29 Å². The first kappa shape index (κ1) is 20.6. The largest absolute Gasteiger partial charge is 0.444 e. The minimum Gasteiger partial charge on any atom is -0.444 e. The van der Waals surface area contributed by atoms with Crippen LogP contribution in [0.25, 0.3) is 0 Å². The monoisotopic (exact) mass is 381 g/mol. The van der Waals surface area contributed by atoms with Crippen molar-refractivity contribution >= 4 is 6.09 Å². The zero-order chi connectivity index (χ0) is 19.5. The van der Waals surface area contributed by atoms with Gasteiger partial charge >= 0.3 is 6.09 Å². The van der Waals surface area contributed by atoms with Gasteiger partial charge in [-0.1, -0.05) is 12.2 Å². The number of carbonyl (C=O) groups is 1. The van der Waals surface area contributed by atoms with Gasteiger partial charge in [0.2, 0.25) is 0 Å². The van der Waals surface area contributed by atoms with Crippen molar-refractivity contribution in [1.29, 1.82) is 0 Å². The first-order chi connectivity index (χ1) is 12.8. The maximum atomic E-state index is 12.7. The molecule has 2 fully saturated rings. The molecule has 2 heterocycles. The molecule has 0 radical (unpaired) electrons. The number of hydrogen-bond acceptors (Lipinski definition) is 5. The molecule has 0 saturated carbocycles. The Morgan fingerprint density at radius 3 is 2.63 bits per heavy atom. The molecule has 0 aromatic heterocycles. The summed E-state index contributed by atoms with van der Waals surface area (Å²) in [5.41, 5.74) is -0.803. The Bertz CT molecular complexity index is 537. The van der Waals surface area contributed by atoms with Crippen molar-refractivity contribution in [3.8, 4) is 0 Å². The molecule has 1 amide bonds. The number of piperidine rings is 1. The number of aliphatic hydroxyl groups excluding tert-OH is 1. The van der Waals surface area contributed by atoms with Gasteiger partial charge in [-0.2, -0.15) is 0 Å². The standard InChI is InChI=1S/C21H35NO5/c1-20(2,3)27-19(24)22-13-16-7-4-5-8-17(16)21(14-22,15-23)10-6-9-18-25-11-12-26-18/h4-5,16-18,23H,6-15H2,1-3H3/t16-,17-,21-/m1/s1. The predicted molar refractivity (Wildman–Crippen MR) is 102 cm³/mol. The smallest absolute Gasteiger partial charge is 0.410 e. The van der Waals surface area contributed by atoms with Gasteiger partial charge in [0.1, 0.15) is 5.60 Å². The number of rotatable bonds is 5. The van der Waals surface area contributed by atoms with E-state index in [4.69, 9.17) is 14.2 Å². The normalized spacial score (nSPS) is 31.8. The quantitative estimate of drug-likeness (QED) is 0.740. The molecule has 3 rings (SSSR count). The molecule has 6 nitrogen and oxygen atoms in total. The van der Waals surface area contributed by atoms with Crippen LogP contribution in [0, 0.1) is 17.3 Å². The number of hydrogen-bond donors (Lipinski definition) is 1. The van der Waals surface area contributed by atoms with Crippen LogP contribution in [0.3, 0.4) is 0 Å². The lowest BCUT2D eigenvalue weighted by atomic mass is 9.61. The Labute approximate surface area is 162 Å². The van der Waals surface area contributed by atoms with Crippen LogP contribution in [0.4, 0.5) is 4.79 Å². The highest BCUT2D eigenvalue weighted by atomic mass is 16.7. The summed E-state index contributed by atoms with van der Waals surface area (Å²) in [4.78, 5) is 14.6. The molecular formula is C21H35NO5. The number of carbonyl (C=O) groups excluding carboxylic acids is 1. The molecule has 0 spiro atoms. The summed E-state index contributed by atoms with van der Waals surface area (Å²) in [5.74, 6) is 0.777. The van der Waals surface area contributed by atoms with Gasteiger partial charge in [-0.3, -0.25) is 0 Å². The molecular weight excluding hydrogens is 346 g/mol. The first-order valence-electron chi connectivity index (χ1n) is 10.3. The summed E-state index contributed by atoms with van der Waals surface area (Å²) in [7, 11) is 0. The molecule has 6 heteroatoms. The van der Waals surface area contributed by atoms with Crippen LogP contribution >= 0.6 is 0 Å². The third-order valence-corrected chi connectivity index (χ3v) is 6.08. The van der Waals surface area contributed by atoms with E-state index in [9.17, 15) is 9.90 Å². The first-order valence-corrected chi connectivity index (χ1v) is 10.3. The van der Waals surface area contributed by atoms with Crippen LogP contribution in [-0.2, 0) is 14.2 Å². The second-order valence-corrected chi connectivity index (χ2v) is 9.25. The number of amides is 1. The van der Waals surface area contributed by atoms with Gasteiger partial charge < -0.3 is 24.2 Å². The molecule has 1 aliphatic carbocycles. The van der Waals surface area contributed by atoms with Crippen molar-refractivity contribution < 1.29 is 24.1 Å². The van der Waals surface area contributed by atoms with Crippen molar-refractivity contribution in [3.05, 3.63) is 12.2 Å². The van der Waals surface area contributed by atoms with E-state index in [1.54, 1.807) is 0 Å². The van der Waals surface area contributed by atoms with E-state index < -0.39 is 5.60 Å². The van der Waals surface area contributed by atoms with Gasteiger partial charge in [0.05, 0.1) is 19.8 Å².